The van der Waals surface area contributed by atoms with Gasteiger partial charge >= 0.3 is 6.03 Å². The number of hydrogen-bond donors (Lipinski definition) is 3. The van der Waals surface area contributed by atoms with Gasteiger partial charge in [0, 0.05) is 25.6 Å². The predicted octanol–water partition coefficient (Wildman–Crippen LogP) is 1.14. The quantitative estimate of drug-likeness (QED) is 0.458. The molecule has 0 saturated carbocycles. The summed E-state index contributed by atoms with van der Waals surface area (Å²) in [6, 6.07) is 0.0503. The van der Waals surface area contributed by atoms with E-state index in [2.05, 4.69) is 5.32 Å². The van der Waals surface area contributed by atoms with Crippen LogP contribution in [0, 0.1) is 5.41 Å². The number of nitrogens with two attached hydrogens (primary N) is 1. The molecule has 0 radical (unpaired) electrons. The van der Waals surface area contributed by atoms with E-state index >= 15 is 0 Å². The lowest BCUT2D eigenvalue weighted by molar-refractivity contribution is 0.185. The van der Waals surface area contributed by atoms with Crippen molar-refractivity contribution in [2.24, 2.45) is 5.73 Å². The Morgan fingerprint density at radius 2 is 2.13 bits per heavy atom. The van der Waals surface area contributed by atoms with Gasteiger partial charge in [-0.25, -0.2) is 4.79 Å². The van der Waals surface area contributed by atoms with Gasteiger partial charge < -0.3 is 16.0 Å². The number of hydrogen-bond acceptors (Lipinski definition) is 2. The highest BCUT2D eigenvalue weighted by atomic mass is 16.2. The number of amides is 2. The average molecular weight is 214 g/mol. The Morgan fingerprint density at radius 1 is 1.53 bits per heavy atom. The van der Waals surface area contributed by atoms with Crippen LogP contribution in [0.4, 0.5) is 4.79 Å². The van der Waals surface area contributed by atoms with E-state index in [9.17, 15) is 4.79 Å². The van der Waals surface area contributed by atoms with Gasteiger partial charge in [-0.1, -0.05) is 6.92 Å². The molecule has 5 nitrogen and oxygen atoms in total. The molecular formula is C10H22N4O. The highest BCUT2D eigenvalue weighted by Crippen LogP contribution is 2.00. The third-order valence-corrected chi connectivity index (χ3v) is 2.03. The summed E-state index contributed by atoms with van der Waals surface area (Å²) in [7, 11) is 0. The zero-order valence-corrected chi connectivity index (χ0v) is 9.84. The van der Waals surface area contributed by atoms with Crippen molar-refractivity contribution in [1.82, 2.24) is 10.2 Å². The number of carbonyl (C=O) groups is 1. The molecule has 0 aromatic rings. The maximum atomic E-state index is 11.7. The van der Waals surface area contributed by atoms with Gasteiger partial charge in [-0.05, 0) is 20.3 Å². The first kappa shape index (κ1) is 13.7. The molecule has 0 atom stereocenters. The Kier molecular flexibility index (Phi) is 6.49. The summed E-state index contributed by atoms with van der Waals surface area (Å²) in [5.41, 5.74) is 5.27. The lowest BCUT2D eigenvalue weighted by atomic mass is 10.3. The Morgan fingerprint density at radius 3 is 2.53 bits per heavy atom. The maximum Gasteiger partial charge on any atom is 0.317 e. The number of nitrogens with zero attached hydrogens (tertiary/aromatic N) is 1. The average Bonchev–Trinajstić information content (AvgIpc) is 2.13. The van der Waals surface area contributed by atoms with Crippen molar-refractivity contribution in [2.45, 2.75) is 39.7 Å². The second-order valence-electron chi connectivity index (χ2n) is 3.79. The smallest absolute Gasteiger partial charge is 0.317 e. The summed E-state index contributed by atoms with van der Waals surface area (Å²) < 4.78 is 0. The molecule has 0 aromatic carbocycles. The van der Waals surface area contributed by atoms with Crippen LogP contribution >= 0.6 is 0 Å². The van der Waals surface area contributed by atoms with Crippen molar-refractivity contribution in [1.29, 1.82) is 5.41 Å². The van der Waals surface area contributed by atoms with Crippen molar-refractivity contribution in [3.05, 3.63) is 0 Å². The van der Waals surface area contributed by atoms with E-state index in [1.165, 1.54) is 0 Å². The summed E-state index contributed by atoms with van der Waals surface area (Å²) in [5, 5.41) is 9.94. The molecule has 5 heteroatoms. The van der Waals surface area contributed by atoms with Gasteiger partial charge in [-0.2, -0.15) is 0 Å². The summed E-state index contributed by atoms with van der Waals surface area (Å²) in [6.45, 7) is 7.09. The van der Waals surface area contributed by atoms with E-state index < -0.39 is 0 Å². The number of rotatable bonds is 6. The Balaban J connectivity index is 4.13. The second-order valence-corrected chi connectivity index (χ2v) is 3.79. The number of amidine groups is 1. The van der Waals surface area contributed by atoms with Crippen molar-refractivity contribution in [3.63, 3.8) is 0 Å². The van der Waals surface area contributed by atoms with Gasteiger partial charge in [0.25, 0.3) is 0 Å². The number of nitrogens with one attached hydrogen (secondary N) is 2. The summed E-state index contributed by atoms with van der Waals surface area (Å²) in [5.74, 6) is 0.115. The molecule has 0 heterocycles. The van der Waals surface area contributed by atoms with Crippen LogP contribution in [0.5, 0.6) is 0 Å². The molecule has 0 aliphatic carbocycles. The third kappa shape index (κ3) is 5.93. The van der Waals surface area contributed by atoms with Gasteiger partial charge in [-0.3, -0.25) is 5.41 Å². The fourth-order valence-corrected chi connectivity index (χ4v) is 1.17. The molecule has 2 amide bonds. The molecule has 4 N–H and O–H groups in total. The highest BCUT2D eigenvalue weighted by molar-refractivity contribution is 5.79. The molecule has 0 bridgehead atoms. The predicted molar refractivity (Wildman–Crippen MR) is 62.1 cm³/mol. The topological polar surface area (TPSA) is 82.2 Å². The first-order valence-corrected chi connectivity index (χ1v) is 5.36. The SMILES string of the molecule is CCCNC(=O)N(CCC(=N)N)C(C)C. The van der Waals surface area contributed by atoms with Crippen LogP contribution in [0.25, 0.3) is 0 Å². The maximum absolute atomic E-state index is 11.7. The monoisotopic (exact) mass is 214 g/mol. The minimum Gasteiger partial charge on any atom is -0.388 e. The Hall–Kier alpha value is -1.26. The zero-order chi connectivity index (χ0) is 11.8. The van der Waals surface area contributed by atoms with Crippen molar-refractivity contribution in [3.8, 4) is 0 Å². The highest BCUT2D eigenvalue weighted by Gasteiger charge is 2.15. The molecule has 0 unspecified atom stereocenters. The minimum absolute atomic E-state index is 0.0758. The fourth-order valence-electron chi connectivity index (χ4n) is 1.17. The van der Waals surface area contributed by atoms with Crippen LogP contribution in [0.15, 0.2) is 0 Å². The molecular weight excluding hydrogens is 192 g/mol. The van der Waals surface area contributed by atoms with Crippen LogP contribution in [0.1, 0.15) is 33.6 Å². The minimum atomic E-state index is -0.0758. The first-order chi connectivity index (χ1) is 6.99. The van der Waals surface area contributed by atoms with E-state index in [4.69, 9.17) is 11.1 Å². The Labute approximate surface area is 91.5 Å². The van der Waals surface area contributed by atoms with Crippen LogP contribution in [-0.4, -0.2) is 35.9 Å². The molecule has 0 fully saturated rings. The fraction of sp³-hybridized carbons (Fsp3) is 0.800. The van der Waals surface area contributed by atoms with E-state index in [0.717, 1.165) is 6.42 Å². The van der Waals surface area contributed by atoms with Crippen molar-refractivity contribution >= 4 is 11.9 Å². The normalized spacial score (nSPS) is 10.1. The molecule has 0 aliphatic rings. The lowest BCUT2D eigenvalue weighted by Gasteiger charge is -2.26. The van der Waals surface area contributed by atoms with E-state index in [1.54, 1.807) is 4.90 Å². The van der Waals surface area contributed by atoms with Gasteiger partial charge in [0.05, 0.1) is 5.84 Å². The number of urea groups is 1. The molecule has 0 saturated heterocycles. The van der Waals surface area contributed by atoms with E-state index in [0.29, 0.717) is 19.5 Å². The van der Waals surface area contributed by atoms with Gasteiger partial charge in [0.1, 0.15) is 0 Å². The zero-order valence-electron chi connectivity index (χ0n) is 9.84. The molecule has 15 heavy (non-hydrogen) atoms. The van der Waals surface area contributed by atoms with Crippen LogP contribution < -0.4 is 11.1 Å². The summed E-state index contributed by atoms with van der Waals surface area (Å²) in [6.07, 6.45) is 1.35. The molecule has 0 spiro atoms. The summed E-state index contributed by atoms with van der Waals surface area (Å²) >= 11 is 0. The van der Waals surface area contributed by atoms with Gasteiger partial charge in [0.15, 0.2) is 0 Å². The molecule has 0 aromatic heterocycles. The second kappa shape index (κ2) is 7.09. The van der Waals surface area contributed by atoms with E-state index in [1.807, 2.05) is 20.8 Å². The summed E-state index contributed by atoms with van der Waals surface area (Å²) in [4.78, 5) is 13.4. The molecule has 0 rings (SSSR count). The lowest BCUT2D eigenvalue weighted by Crippen LogP contribution is -2.45. The largest absolute Gasteiger partial charge is 0.388 e. The van der Waals surface area contributed by atoms with Crippen LogP contribution in [0.3, 0.4) is 0 Å². The standard InChI is InChI=1S/C10H22N4O/c1-4-6-13-10(15)14(8(2)3)7-5-9(11)12/h8H,4-7H2,1-3H3,(H3,11,12)(H,13,15). The molecule has 88 valence electrons. The van der Waals surface area contributed by atoms with Gasteiger partial charge in [0.2, 0.25) is 0 Å². The van der Waals surface area contributed by atoms with Crippen molar-refractivity contribution < 1.29 is 4.79 Å². The van der Waals surface area contributed by atoms with Crippen LogP contribution in [0.2, 0.25) is 0 Å². The van der Waals surface area contributed by atoms with Gasteiger partial charge in [-0.15, -0.1) is 0 Å². The molecule has 0 aliphatic heterocycles. The van der Waals surface area contributed by atoms with Crippen LogP contribution in [-0.2, 0) is 0 Å². The Bertz CT molecular complexity index is 215. The van der Waals surface area contributed by atoms with Crippen molar-refractivity contribution in [2.75, 3.05) is 13.1 Å². The number of carbonyl (C=O) groups excluding carboxylic acids is 1. The third-order valence-electron chi connectivity index (χ3n) is 2.03. The van der Waals surface area contributed by atoms with E-state index in [-0.39, 0.29) is 17.9 Å². The first-order valence-electron chi connectivity index (χ1n) is 5.36.